The van der Waals surface area contributed by atoms with Crippen molar-refractivity contribution in [1.29, 1.82) is 0 Å². The molecular weight excluding hydrogens is 323 g/mol. The summed E-state index contributed by atoms with van der Waals surface area (Å²) in [7, 11) is -3.60. The van der Waals surface area contributed by atoms with E-state index in [2.05, 4.69) is 15.0 Å². The summed E-state index contributed by atoms with van der Waals surface area (Å²) in [5, 5.41) is 0. The summed E-state index contributed by atoms with van der Waals surface area (Å²) in [6.07, 6.45) is 5.83. The first-order chi connectivity index (χ1) is 11.1. The molecular formula is C14H15FN4O3S. The van der Waals surface area contributed by atoms with Crippen LogP contribution in [-0.2, 0) is 10.0 Å². The molecule has 1 aliphatic heterocycles. The fourth-order valence-electron chi connectivity index (χ4n) is 2.38. The van der Waals surface area contributed by atoms with Crippen LogP contribution in [0.2, 0.25) is 0 Å². The molecule has 23 heavy (non-hydrogen) atoms. The van der Waals surface area contributed by atoms with Gasteiger partial charge in [0, 0.05) is 18.9 Å². The molecule has 0 bridgehead atoms. The highest BCUT2D eigenvalue weighted by atomic mass is 32.2. The van der Waals surface area contributed by atoms with E-state index in [1.165, 1.54) is 22.8 Å². The molecule has 0 aromatic carbocycles. The first-order valence-corrected chi connectivity index (χ1v) is 8.54. The van der Waals surface area contributed by atoms with Crippen molar-refractivity contribution in [2.75, 3.05) is 13.1 Å². The number of hydrogen-bond donors (Lipinski definition) is 0. The van der Waals surface area contributed by atoms with Crippen molar-refractivity contribution in [1.82, 2.24) is 19.3 Å². The van der Waals surface area contributed by atoms with Crippen LogP contribution < -0.4 is 4.74 Å². The predicted octanol–water partition coefficient (Wildman–Crippen LogP) is 1.24. The largest absolute Gasteiger partial charge is 0.459 e. The number of halogens is 1. The maximum absolute atomic E-state index is 12.8. The molecule has 0 saturated carbocycles. The summed E-state index contributed by atoms with van der Waals surface area (Å²) < 4.78 is 44.9. The van der Waals surface area contributed by atoms with Crippen LogP contribution in [0.15, 0.2) is 41.8 Å². The molecule has 1 atom stereocenters. The molecule has 122 valence electrons. The summed E-state index contributed by atoms with van der Waals surface area (Å²) in [4.78, 5) is 11.5. The lowest BCUT2D eigenvalue weighted by Gasteiger charge is -2.31. The van der Waals surface area contributed by atoms with Crippen LogP contribution in [0, 0.1) is 5.82 Å². The average Bonchev–Trinajstić information content (AvgIpc) is 2.58. The first-order valence-electron chi connectivity index (χ1n) is 7.10. The molecule has 0 N–H and O–H groups in total. The molecule has 0 radical (unpaired) electrons. The molecule has 0 unspecified atom stereocenters. The standard InChI is InChI=1S/C14H15FN4O3S/c15-11-7-17-14(18-8-11)22-12-3-2-6-19(10-12)23(20,21)13-4-1-5-16-9-13/h1,4-5,7-9,12H,2-3,6,10H2/t12-/m0/s1. The molecule has 0 aliphatic carbocycles. The Hall–Kier alpha value is -2.13. The number of sulfonamides is 1. The van der Waals surface area contributed by atoms with Gasteiger partial charge >= 0.3 is 6.01 Å². The van der Waals surface area contributed by atoms with Gasteiger partial charge in [0.2, 0.25) is 10.0 Å². The molecule has 7 nitrogen and oxygen atoms in total. The van der Waals surface area contributed by atoms with Gasteiger partial charge in [-0.25, -0.2) is 22.8 Å². The van der Waals surface area contributed by atoms with Gasteiger partial charge in [0.25, 0.3) is 0 Å². The molecule has 0 amide bonds. The molecule has 2 aromatic rings. The highest BCUT2D eigenvalue weighted by Crippen LogP contribution is 2.22. The van der Waals surface area contributed by atoms with Crippen LogP contribution in [0.3, 0.4) is 0 Å². The second kappa shape index (κ2) is 6.55. The van der Waals surface area contributed by atoms with E-state index in [0.29, 0.717) is 19.4 Å². The van der Waals surface area contributed by atoms with Gasteiger partial charge in [-0.15, -0.1) is 0 Å². The highest BCUT2D eigenvalue weighted by molar-refractivity contribution is 7.89. The Morgan fingerprint density at radius 2 is 2.04 bits per heavy atom. The minimum atomic E-state index is -3.60. The van der Waals surface area contributed by atoms with Crippen LogP contribution in [-0.4, -0.2) is 46.9 Å². The Balaban J connectivity index is 1.72. The van der Waals surface area contributed by atoms with E-state index in [1.54, 1.807) is 6.07 Å². The number of hydrogen-bond acceptors (Lipinski definition) is 6. The SMILES string of the molecule is O=S(=O)(c1cccnc1)N1CCC[C@H](Oc2ncc(F)cn2)C1. The topological polar surface area (TPSA) is 85.3 Å². The van der Waals surface area contributed by atoms with Crippen molar-refractivity contribution in [3.63, 3.8) is 0 Å². The monoisotopic (exact) mass is 338 g/mol. The van der Waals surface area contributed by atoms with E-state index in [-0.39, 0.29) is 23.6 Å². The smallest absolute Gasteiger partial charge is 0.316 e. The fraction of sp³-hybridized carbons (Fsp3) is 0.357. The maximum Gasteiger partial charge on any atom is 0.316 e. The van der Waals surface area contributed by atoms with E-state index in [9.17, 15) is 12.8 Å². The number of ether oxygens (including phenoxy) is 1. The quantitative estimate of drug-likeness (QED) is 0.834. The summed E-state index contributed by atoms with van der Waals surface area (Å²) in [6, 6.07) is 3.13. The number of rotatable bonds is 4. The molecule has 3 rings (SSSR count). The molecule has 3 heterocycles. The second-order valence-electron chi connectivity index (χ2n) is 5.12. The number of nitrogens with zero attached hydrogens (tertiary/aromatic N) is 4. The maximum atomic E-state index is 12.8. The number of pyridine rings is 1. The van der Waals surface area contributed by atoms with Gasteiger partial charge in [-0.2, -0.15) is 4.31 Å². The molecule has 1 fully saturated rings. The van der Waals surface area contributed by atoms with Gasteiger partial charge in [0.05, 0.1) is 18.9 Å². The van der Waals surface area contributed by atoms with Crippen molar-refractivity contribution in [2.24, 2.45) is 0 Å². The van der Waals surface area contributed by atoms with Crippen molar-refractivity contribution >= 4 is 10.0 Å². The Bertz CT molecular complexity index is 755. The molecule has 9 heteroatoms. The van der Waals surface area contributed by atoms with Crippen LogP contribution in [0.25, 0.3) is 0 Å². The molecule has 1 aliphatic rings. The molecule has 1 saturated heterocycles. The Labute approximate surface area is 133 Å². The van der Waals surface area contributed by atoms with Gasteiger partial charge in [0.15, 0.2) is 5.82 Å². The third-order valence-electron chi connectivity index (χ3n) is 3.48. The Kier molecular flexibility index (Phi) is 4.49. The summed E-state index contributed by atoms with van der Waals surface area (Å²) >= 11 is 0. The summed E-state index contributed by atoms with van der Waals surface area (Å²) in [5.74, 6) is -0.554. The fourth-order valence-corrected chi connectivity index (χ4v) is 3.85. The number of piperidine rings is 1. The Morgan fingerprint density at radius 1 is 1.26 bits per heavy atom. The van der Waals surface area contributed by atoms with Crippen molar-refractivity contribution in [2.45, 2.75) is 23.8 Å². The average molecular weight is 338 g/mol. The van der Waals surface area contributed by atoms with Gasteiger partial charge in [-0.3, -0.25) is 4.98 Å². The lowest BCUT2D eigenvalue weighted by molar-refractivity contribution is 0.119. The van der Waals surface area contributed by atoms with Crippen molar-refractivity contribution in [3.8, 4) is 6.01 Å². The van der Waals surface area contributed by atoms with Crippen LogP contribution in [0.1, 0.15) is 12.8 Å². The minimum absolute atomic E-state index is 0.0389. The summed E-state index contributed by atoms with van der Waals surface area (Å²) in [5.41, 5.74) is 0. The minimum Gasteiger partial charge on any atom is -0.459 e. The van der Waals surface area contributed by atoms with E-state index in [4.69, 9.17) is 4.74 Å². The van der Waals surface area contributed by atoms with Crippen LogP contribution in [0.5, 0.6) is 6.01 Å². The van der Waals surface area contributed by atoms with Crippen molar-refractivity contribution < 1.29 is 17.5 Å². The molecule has 0 spiro atoms. The molecule has 2 aromatic heterocycles. The van der Waals surface area contributed by atoms with Crippen LogP contribution in [0.4, 0.5) is 4.39 Å². The highest BCUT2D eigenvalue weighted by Gasteiger charge is 2.31. The van der Waals surface area contributed by atoms with E-state index < -0.39 is 15.8 Å². The lowest BCUT2D eigenvalue weighted by atomic mass is 10.1. The second-order valence-corrected chi connectivity index (χ2v) is 7.06. The predicted molar refractivity (Wildman–Crippen MR) is 78.6 cm³/mol. The van der Waals surface area contributed by atoms with Gasteiger partial charge < -0.3 is 4.74 Å². The van der Waals surface area contributed by atoms with E-state index in [1.807, 2.05) is 0 Å². The lowest BCUT2D eigenvalue weighted by Crippen LogP contribution is -2.44. The zero-order valence-electron chi connectivity index (χ0n) is 12.2. The van der Waals surface area contributed by atoms with E-state index in [0.717, 1.165) is 12.4 Å². The third kappa shape index (κ3) is 3.62. The van der Waals surface area contributed by atoms with Crippen molar-refractivity contribution in [3.05, 3.63) is 42.7 Å². The summed E-state index contributed by atoms with van der Waals surface area (Å²) in [6.45, 7) is 0.610. The van der Waals surface area contributed by atoms with Gasteiger partial charge in [0.1, 0.15) is 11.0 Å². The van der Waals surface area contributed by atoms with E-state index >= 15 is 0 Å². The zero-order valence-corrected chi connectivity index (χ0v) is 13.0. The zero-order chi connectivity index (χ0) is 16.3. The van der Waals surface area contributed by atoms with Crippen LogP contribution >= 0.6 is 0 Å². The normalized spacial score (nSPS) is 19.4. The first kappa shape index (κ1) is 15.8. The number of aromatic nitrogens is 3. The Morgan fingerprint density at radius 3 is 2.74 bits per heavy atom. The van der Waals surface area contributed by atoms with Gasteiger partial charge in [-0.1, -0.05) is 0 Å². The van der Waals surface area contributed by atoms with Gasteiger partial charge in [-0.05, 0) is 25.0 Å². The third-order valence-corrected chi connectivity index (χ3v) is 5.33.